The van der Waals surface area contributed by atoms with Crippen molar-refractivity contribution in [3.05, 3.63) is 29.3 Å². The number of aryl methyl sites for hydroxylation is 1. The van der Waals surface area contributed by atoms with Crippen molar-refractivity contribution in [3.63, 3.8) is 0 Å². The van der Waals surface area contributed by atoms with E-state index in [1.165, 1.54) is 0 Å². The van der Waals surface area contributed by atoms with Gasteiger partial charge in [-0.1, -0.05) is 19.1 Å². The Bertz CT molecular complexity index is 352. The molecule has 2 N–H and O–H groups in total. The van der Waals surface area contributed by atoms with Crippen LogP contribution in [-0.4, -0.2) is 20.8 Å². The number of hydrogen-bond acceptors (Lipinski definition) is 3. The fourth-order valence-corrected chi connectivity index (χ4v) is 1.92. The highest BCUT2D eigenvalue weighted by Gasteiger charge is 2.15. The maximum atomic E-state index is 6.24. The lowest BCUT2D eigenvalue weighted by Gasteiger charge is -2.21. The third kappa shape index (κ3) is 3.72. The number of methoxy groups -OCH3 is 2. The van der Waals surface area contributed by atoms with E-state index in [0.717, 1.165) is 29.9 Å². The van der Waals surface area contributed by atoms with Crippen LogP contribution in [0, 0.1) is 12.8 Å². The van der Waals surface area contributed by atoms with Gasteiger partial charge in [0.15, 0.2) is 0 Å². The van der Waals surface area contributed by atoms with E-state index < -0.39 is 0 Å². The summed E-state index contributed by atoms with van der Waals surface area (Å²) in [5.74, 6) is 1.31. The van der Waals surface area contributed by atoms with E-state index in [9.17, 15) is 0 Å². The van der Waals surface area contributed by atoms with Crippen LogP contribution in [0.3, 0.4) is 0 Å². The fraction of sp³-hybridized carbons (Fsp3) is 0.571. The van der Waals surface area contributed by atoms with Crippen LogP contribution in [0.1, 0.15) is 30.5 Å². The molecule has 96 valence electrons. The van der Waals surface area contributed by atoms with Crippen molar-refractivity contribution in [2.45, 2.75) is 26.3 Å². The van der Waals surface area contributed by atoms with Crippen molar-refractivity contribution in [1.82, 2.24) is 0 Å². The minimum atomic E-state index is 0.0507. The predicted molar refractivity (Wildman–Crippen MR) is 70.3 cm³/mol. The summed E-state index contributed by atoms with van der Waals surface area (Å²) < 4.78 is 10.3. The highest BCUT2D eigenvalue weighted by atomic mass is 16.5. The molecule has 0 amide bonds. The van der Waals surface area contributed by atoms with Crippen molar-refractivity contribution < 1.29 is 9.47 Å². The Balaban J connectivity index is 2.74. The zero-order valence-electron chi connectivity index (χ0n) is 11.2. The zero-order valence-corrected chi connectivity index (χ0v) is 11.2. The van der Waals surface area contributed by atoms with Crippen LogP contribution in [-0.2, 0) is 4.74 Å². The molecule has 0 radical (unpaired) electrons. The number of hydrogen-bond donors (Lipinski definition) is 1. The molecule has 3 nitrogen and oxygen atoms in total. The van der Waals surface area contributed by atoms with Crippen LogP contribution in [0.2, 0.25) is 0 Å². The molecule has 0 aliphatic heterocycles. The van der Waals surface area contributed by atoms with Crippen molar-refractivity contribution in [2.75, 3.05) is 20.8 Å². The quantitative estimate of drug-likeness (QED) is 0.827. The molecule has 1 aromatic carbocycles. The normalized spacial score (nSPS) is 14.4. The number of nitrogens with two attached hydrogens (primary N) is 1. The van der Waals surface area contributed by atoms with E-state index in [2.05, 4.69) is 13.0 Å². The van der Waals surface area contributed by atoms with Gasteiger partial charge < -0.3 is 15.2 Å². The Kier molecular flexibility index (Phi) is 5.45. The first-order chi connectivity index (χ1) is 8.10. The van der Waals surface area contributed by atoms with Crippen LogP contribution in [0.4, 0.5) is 0 Å². The maximum absolute atomic E-state index is 6.24. The van der Waals surface area contributed by atoms with Crippen molar-refractivity contribution in [2.24, 2.45) is 11.7 Å². The Morgan fingerprint density at radius 3 is 2.53 bits per heavy atom. The molecule has 0 fully saturated rings. The van der Waals surface area contributed by atoms with Gasteiger partial charge in [0.25, 0.3) is 0 Å². The summed E-state index contributed by atoms with van der Waals surface area (Å²) >= 11 is 0. The van der Waals surface area contributed by atoms with Gasteiger partial charge in [-0.3, -0.25) is 0 Å². The minimum absolute atomic E-state index is 0.0507. The molecule has 0 heterocycles. The van der Waals surface area contributed by atoms with E-state index in [-0.39, 0.29) is 6.04 Å². The summed E-state index contributed by atoms with van der Waals surface area (Å²) in [5.41, 5.74) is 8.53. The molecule has 0 spiro atoms. The summed E-state index contributed by atoms with van der Waals surface area (Å²) in [6, 6.07) is 6.18. The second-order valence-electron chi connectivity index (χ2n) is 4.51. The van der Waals surface area contributed by atoms with Gasteiger partial charge in [-0.25, -0.2) is 0 Å². The standard InChI is InChI=1S/C14H23NO2/c1-10(7-8-16-3)14(15)12-5-6-13(17-4)11(2)9-12/h5-6,9-10,14H,7-8,15H2,1-4H3. The molecule has 1 rings (SSSR count). The van der Waals surface area contributed by atoms with Gasteiger partial charge in [0, 0.05) is 19.8 Å². The lowest BCUT2D eigenvalue weighted by Crippen LogP contribution is -2.20. The SMILES string of the molecule is COCCC(C)C(N)c1ccc(OC)c(C)c1. The van der Waals surface area contributed by atoms with E-state index in [4.69, 9.17) is 15.2 Å². The van der Waals surface area contributed by atoms with Crippen molar-refractivity contribution >= 4 is 0 Å². The maximum Gasteiger partial charge on any atom is 0.121 e. The third-order valence-corrected chi connectivity index (χ3v) is 3.19. The second kappa shape index (κ2) is 6.62. The lowest BCUT2D eigenvalue weighted by molar-refractivity contribution is 0.174. The van der Waals surface area contributed by atoms with Gasteiger partial charge in [0.05, 0.1) is 7.11 Å². The Hall–Kier alpha value is -1.06. The van der Waals surface area contributed by atoms with Crippen molar-refractivity contribution in [3.8, 4) is 5.75 Å². The monoisotopic (exact) mass is 237 g/mol. The average Bonchev–Trinajstić information content (AvgIpc) is 2.34. The molecule has 0 aliphatic carbocycles. The summed E-state index contributed by atoms with van der Waals surface area (Å²) in [4.78, 5) is 0. The van der Waals surface area contributed by atoms with Crippen LogP contribution >= 0.6 is 0 Å². The predicted octanol–water partition coefficient (Wildman–Crippen LogP) is 2.68. The van der Waals surface area contributed by atoms with Gasteiger partial charge in [0.2, 0.25) is 0 Å². The van der Waals surface area contributed by atoms with Gasteiger partial charge in [-0.2, -0.15) is 0 Å². The largest absolute Gasteiger partial charge is 0.496 e. The molecule has 3 heteroatoms. The lowest BCUT2D eigenvalue weighted by atomic mass is 9.92. The summed E-state index contributed by atoms with van der Waals surface area (Å²) in [6.07, 6.45) is 0.975. The first-order valence-corrected chi connectivity index (χ1v) is 5.99. The molecule has 17 heavy (non-hydrogen) atoms. The summed E-state index contributed by atoms with van der Waals surface area (Å²) in [7, 11) is 3.40. The van der Waals surface area contributed by atoms with Crippen LogP contribution in [0.25, 0.3) is 0 Å². The van der Waals surface area contributed by atoms with E-state index in [1.54, 1.807) is 14.2 Å². The van der Waals surface area contributed by atoms with Gasteiger partial charge >= 0.3 is 0 Å². The molecular weight excluding hydrogens is 214 g/mol. The number of rotatable bonds is 6. The first-order valence-electron chi connectivity index (χ1n) is 5.99. The molecule has 0 aromatic heterocycles. The third-order valence-electron chi connectivity index (χ3n) is 3.19. The highest BCUT2D eigenvalue weighted by Crippen LogP contribution is 2.26. The second-order valence-corrected chi connectivity index (χ2v) is 4.51. The Labute approximate surface area is 104 Å². The smallest absolute Gasteiger partial charge is 0.121 e. The minimum Gasteiger partial charge on any atom is -0.496 e. The molecular formula is C14H23NO2. The molecule has 2 unspecified atom stereocenters. The molecule has 0 bridgehead atoms. The summed E-state index contributed by atoms with van der Waals surface area (Å²) in [6.45, 7) is 4.95. The molecule has 0 saturated heterocycles. The van der Waals surface area contributed by atoms with Gasteiger partial charge in [-0.05, 0) is 36.5 Å². The Morgan fingerprint density at radius 2 is 2.00 bits per heavy atom. The molecule has 2 atom stereocenters. The molecule has 0 saturated carbocycles. The molecule has 1 aromatic rings. The van der Waals surface area contributed by atoms with Crippen LogP contribution < -0.4 is 10.5 Å². The van der Waals surface area contributed by atoms with E-state index in [0.29, 0.717) is 5.92 Å². The first kappa shape index (κ1) is 14.0. The topological polar surface area (TPSA) is 44.5 Å². The van der Waals surface area contributed by atoms with E-state index >= 15 is 0 Å². The zero-order chi connectivity index (χ0) is 12.8. The van der Waals surface area contributed by atoms with Gasteiger partial charge in [0.1, 0.15) is 5.75 Å². The van der Waals surface area contributed by atoms with Crippen LogP contribution in [0.5, 0.6) is 5.75 Å². The molecule has 0 aliphatic rings. The number of ether oxygens (including phenoxy) is 2. The van der Waals surface area contributed by atoms with Gasteiger partial charge in [-0.15, -0.1) is 0 Å². The van der Waals surface area contributed by atoms with Crippen molar-refractivity contribution in [1.29, 1.82) is 0 Å². The number of benzene rings is 1. The van der Waals surface area contributed by atoms with E-state index in [1.807, 2.05) is 19.1 Å². The van der Waals surface area contributed by atoms with Crippen LogP contribution in [0.15, 0.2) is 18.2 Å². The fourth-order valence-electron chi connectivity index (χ4n) is 1.92. The highest BCUT2D eigenvalue weighted by molar-refractivity contribution is 5.37. The Morgan fingerprint density at radius 1 is 1.29 bits per heavy atom. The average molecular weight is 237 g/mol. The summed E-state index contributed by atoms with van der Waals surface area (Å²) in [5, 5.41) is 0.